The van der Waals surface area contributed by atoms with Crippen LogP contribution in [0.25, 0.3) is 0 Å². The van der Waals surface area contributed by atoms with Gasteiger partial charge in [-0.1, -0.05) is 47.1 Å². The number of para-hydroxylation sites is 1. The molecular weight excluding hydrogens is 538 g/mol. The number of hydrogen-bond acceptors (Lipinski definition) is 6. The Hall–Kier alpha value is -3.71. The second-order valence-electron chi connectivity index (χ2n) is 7.90. The Labute approximate surface area is 226 Å². The van der Waals surface area contributed by atoms with E-state index in [-0.39, 0.29) is 28.5 Å². The quantitative estimate of drug-likeness (QED) is 0.309. The van der Waals surface area contributed by atoms with Crippen molar-refractivity contribution in [2.24, 2.45) is 0 Å². The first-order chi connectivity index (χ1) is 17.8. The molecule has 2 heterocycles. The van der Waals surface area contributed by atoms with E-state index in [2.05, 4.69) is 22.0 Å². The lowest BCUT2D eigenvalue weighted by molar-refractivity contribution is -0.114. The number of anilines is 2. The molecule has 1 atom stereocenters. The highest BCUT2D eigenvalue weighted by molar-refractivity contribution is 8.03. The van der Waals surface area contributed by atoms with Gasteiger partial charge in [-0.3, -0.25) is 9.59 Å². The van der Waals surface area contributed by atoms with E-state index < -0.39 is 17.6 Å². The zero-order valence-electron chi connectivity index (χ0n) is 19.3. The Morgan fingerprint density at radius 3 is 2.51 bits per heavy atom. The summed E-state index contributed by atoms with van der Waals surface area (Å²) in [6.45, 7) is 1.66. The molecule has 0 aliphatic carbocycles. The molecule has 2 amide bonds. The molecule has 0 bridgehead atoms. The van der Waals surface area contributed by atoms with Crippen molar-refractivity contribution in [1.29, 1.82) is 5.26 Å². The number of amides is 2. The van der Waals surface area contributed by atoms with E-state index in [9.17, 15) is 19.2 Å². The van der Waals surface area contributed by atoms with Crippen molar-refractivity contribution >= 4 is 58.2 Å². The van der Waals surface area contributed by atoms with E-state index in [0.717, 1.165) is 11.8 Å². The van der Waals surface area contributed by atoms with Crippen LogP contribution in [0.4, 0.5) is 15.8 Å². The molecule has 11 heteroatoms. The van der Waals surface area contributed by atoms with Gasteiger partial charge >= 0.3 is 0 Å². The van der Waals surface area contributed by atoms with Gasteiger partial charge in [0.05, 0.1) is 45.9 Å². The fourth-order valence-corrected chi connectivity index (χ4v) is 5.20. The molecule has 188 valence electrons. The van der Waals surface area contributed by atoms with Crippen LogP contribution in [0, 0.1) is 17.1 Å². The first kappa shape index (κ1) is 26.4. The maximum atomic E-state index is 14.2. The normalized spacial score (nSPS) is 15.2. The number of furan rings is 1. The van der Waals surface area contributed by atoms with Crippen LogP contribution >= 0.6 is 35.0 Å². The Bertz CT molecular complexity index is 1440. The van der Waals surface area contributed by atoms with Crippen LogP contribution < -0.4 is 16.0 Å². The summed E-state index contributed by atoms with van der Waals surface area (Å²) in [5.74, 6) is -2.10. The third kappa shape index (κ3) is 6.17. The molecule has 0 saturated carbocycles. The molecule has 7 nitrogen and oxygen atoms in total. The largest absolute Gasteiger partial charge is 0.468 e. The molecular formula is C26H19Cl2FN4O3S. The molecule has 37 heavy (non-hydrogen) atoms. The molecule has 0 spiro atoms. The number of dihydropyridines is 1. The predicted molar refractivity (Wildman–Crippen MR) is 143 cm³/mol. The zero-order chi connectivity index (χ0) is 26.5. The minimum Gasteiger partial charge on any atom is -0.468 e. The summed E-state index contributed by atoms with van der Waals surface area (Å²) in [5.41, 5.74) is 1.25. The van der Waals surface area contributed by atoms with Gasteiger partial charge in [-0.25, -0.2) is 4.39 Å². The molecule has 1 aliphatic rings. The fraction of sp³-hybridized carbons (Fsp3) is 0.115. The highest BCUT2D eigenvalue weighted by Gasteiger charge is 2.36. The first-order valence-corrected chi connectivity index (χ1v) is 12.6. The number of thioether (sulfide) groups is 1. The maximum Gasteiger partial charge on any atom is 0.254 e. The average molecular weight is 557 g/mol. The molecule has 1 aliphatic heterocycles. The molecule has 1 aromatic heterocycles. The topological polar surface area (TPSA) is 107 Å². The van der Waals surface area contributed by atoms with E-state index in [1.54, 1.807) is 43.3 Å². The van der Waals surface area contributed by atoms with Crippen molar-refractivity contribution in [3.8, 4) is 6.07 Å². The molecule has 0 radical (unpaired) electrons. The zero-order valence-corrected chi connectivity index (χ0v) is 21.6. The molecule has 4 rings (SSSR count). The predicted octanol–water partition coefficient (Wildman–Crippen LogP) is 6.43. The molecule has 3 aromatic rings. The van der Waals surface area contributed by atoms with E-state index >= 15 is 0 Å². The first-order valence-electron chi connectivity index (χ1n) is 10.9. The van der Waals surface area contributed by atoms with Gasteiger partial charge in [0.25, 0.3) is 5.91 Å². The van der Waals surface area contributed by atoms with Crippen LogP contribution in [0.2, 0.25) is 10.0 Å². The Morgan fingerprint density at radius 1 is 1.14 bits per heavy atom. The van der Waals surface area contributed by atoms with E-state index in [4.69, 9.17) is 27.6 Å². The van der Waals surface area contributed by atoms with Crippen LogP contribution in [0.15, 0.2) is 87.1 Å². The van der Waals surface area contributed by atoms with Gasteiger partial charge in [0.15, 0.2) is 0 Å². The van der Waals surface area contributed by atoms with Crippen LogP contribution in [0.1, 0.15) is 18.6 Å². The number of hydrogen-bond donors (Lipinski definition) is 3. The summed E-state index contributed by atoms with van der Waals surface area (Å²) in [6.07, 6.45) is 1.43. The van der Waals surface area contributed by atoms with Gasteiger partial charge in [0, 0.05) is 21.4 Å². The van der Waals surface area contributed by atoms with Crippen molar-refractivity contribution in [3.05, 3.63) is 104 Å². The van der Waals surface area contributed by atoms with Crippen LogP contribution in [-0.4, -0.2) is 17.6 Å². The fourth-order valence-electron chi connectivity index (χ4n) is 3.78. The summed E-state index contributed by atoms with van der Waals surface area (Å²) in [7, 11) is 0. The number of rotatable bonds is 7. The van der Waals surface area contributed by atoms with Crippen LogP contribution in [-0.2, 0) is 9.59 Å². The third-order valence-electron chi connectivity index (χ3n) is 5.34. The van der Waals surface area contributed by atoms with Gasteiger partial charge in [0.1, 0.15) is 11.6 Å². The number of allylic oxidation sites excluding steroid dienone is 2. The lowest BCUT2D eigenvalue weighted by Gasteiger charge is -2.28. The molecule has 0 unspecified atom stereocenters. The van der Waals surface area contributed by atoms with Crippen LogP contribution in [0.3, 0.4) is 0 Å². The van der Waals surface area contributed by atoms with Crippen molar-refractivity contribution < 1.29 is 18.4 Å². The minimum atomic E-state index is -0.870. The summed E-state index contributed by atoms with van der Waals surface area (Å²) in [6, 6.07) is 15.9. The summed E-state index contributed by atoms with van der Waals surface area (Å²) in [4.78, 5) is 25.9. The molecule has 0 fully saturated rings. The highest BCUT2D eigenvalue weighted by atomic mass is 35.5. The number of nitrogens with one attached hydrogen (secondary N) is 3. The number of nitriles is 1. The van der Waals surface area contributed by atoms with Gasteiger partial charge in [-0.2, -0.15) is 5.26 Å². The standard InChI is InChI=1S/C26H19Cl2FN4O3S/c1-14-23(25(35)33-20-6-3-2-5-19(20)29)24(21-7-4-8-36-21)18(12-30)26(31-14)37-13-22(34)32-17-10-15(27)9-16(28)11-17/h2-11,24,31H,13H2,1H3,(H,32,34)(H,33,35)/t24-/m1/s1. The third-order valence-corrected chi connectivity index (χ3v) is 6.79. The van der Waals surface area contributed by atoms with E-state index in [1.807, 2.05) is 0 Å². The second kappa shape index (κ2) is 11.6. The van der Waals surface area contributed by atoms with Crippen molar-refractivity contribution in [1.82, 2.24) is 5.32 Å². The number of carbonyl (C=O) groups is 2. The van der Waals surface area contributed by atoms with Gasteiger partial charge < -0.3 is 20.4 Å². The van der Waals surface area contributed by atoms with Crippen LogP contribution in [0.5, 0.6) is 0 Å². The monoisotopic (exact) mass is 556 g/mol. The van der Waals surface area contributed by atoms with E-state index in [0.29, 0.717) is 32.2 Å². The number of benzene rings is 2. The number of nitrogens with zero attached hydrogens (tertiary/aromatic N) is 1. The number of carbonyl (C=O) groups excluding carboxylic acids is 2. The molecule has 2 aromatic carbocycles. The Balaban J connectivity index is 1.59. The van der Waals surface area contributed by atoms with Crippen molar-refractivity contribution in [3.63, 3.8) is 0 Å². The number of halogens is 3. The van der Waals surface area contributed by atoms with Crippen molar-refractivity contribution in [2.75, 3.05) is 16.4 Å². The summed E-state index contributed by atoms with van der Waals surface area (Å²) < 4.78 is 19.8. The smallest absolute Gasteiger partial charge is 0.254 e. The second-order valence-corrected chi connectivity index (χ2v) is 9.75. The van der Waals surface area contributed by atoms with E-state index in [1.165, 1.54) is 24.5 Å². The molecule has 0 saturated heterocycles. The Kier molecular flexibility index (Phi) is 8.24. The summed E-state index contributed by atoms with van der Waals surface area (Å²) >= 11 is 13.1. The minimum absolute atomic E-state index is 0.00597. The maximum absolute atomic E-state index is 14.2. The summed E-state index contributed by atoms with van der Waals surface area (Å²) in [5, 5.41) is 19.6. The highest BCUT2D eigenvalue weighted by Crippen LogP contribution is 2.41. The van der Waals surface area contributed by atoms with Gasteiger partial charge in [-0.15, -0.1) is 0 Å². The van der Waals surface area contributed by atoms with Gasteiger partial charge in [-0.05, 0) is 49.4 Å². The average Bonchev–Trinajstić information content (AvgIpc) is 3.37. The lowest BCUT2D eigenvalue weighted by Crippen LogP contribution is -2.31. The van der Waals surface area contributed by atoms with Crippen molar-refractivity contribution in [2.45, 2.75) is 12.8 Å². The Morgan fingerprint density at radius 2 is 1.86 bits per heavy atom. The molecule has 3 N–H and O–H groups in total. The van der Waals surface area contributed by atoms with Gasteiger partial charge in [0.2, 0.25) is 5.91 Å². The SMILES string of the molecule is CC1=C(C(=O)Nc2ccccc2F)[C@@H](c2ccco2)C(C#N)=C(SCC(=O)Nc2cc(Cl)cc(Cl)c2)N1. The lowest BCUT2D eigenvalue weighted by atomic mass is 9.85.